The Hall–Kier alpha value is -3.04. The molecule has 0 aliphatic heterocycles. The van der Waals surface area contributed by atoms with Crippen molar-refractivity contribution < 1.29 is 14.3 Å². The Balaban J connectivity index is 1.63. The van der Waals surface area contributed by atoms with E-state index in [4.69, 9.17) is 4.74 Å². The van der Waals surface area contributed by atoms with E-state index in [1.807, 2.05) is 42.0 Å². The summed E-state index contributed by atoms with van der Waals surface area (Å²) in [6.45, 7) is 4.07. The van der Waals surface area contributed by atoms with Gasteiger partial charge >= 0.3 is 0 Å². The number of imidazole rings is 1. The van der Waals surface area contributed by atoms with Gasteiger partial charge in [-0.1, -0.05) is 41.2 Å². The lowest BCUT2D eigenvalue weighted by Crippen LogP contribution is -2.31. The molecule has 0 unspecified atom stereocenters. The number of ether oxygens (including phenoxy) is 1. The van der Waals surface area contributed by atoms with Crippen LogP contribution < -0.4 is 10.2 Å². The van der Waals surface area contributed by atoms with Crippen molar-refractivity contribution in [1.29, 1.82) is 0 Å². The van der Waals surface area contributed by atoms with Gasteiger partial charge < -0.3 is 14.6 Å². The van der Waals surface area contributed by atoms with Crippen LogP contribution in [0.3, 0.4) is 0 Å². The van der Waals surface area contributed by atoms with Crippen LogP contribution in [0.15, 0.2) is 49.2 Å². The fourth-order valence-corrected chi connectivity index (χ4v) is 3.89. The van der Waals surface area contributed by atoms with Crippen molar-refractivity contribution in [2.45, 2.75) is 32.9 Å². The van der Waals surface area contributed by atoms with Gasteiger partial charge in [0.2, 0.25) is 5.91 Å². The first-order chi connectivity index (χ1) is 15.1. The number of rotatable bonds is 11. The predicted octanol–water partition coefficient (Wildman–Crippen LogP) is 3.04. The Morgan fingerprint density at radius 1 is 1.32 bits per heavy atom. The van der Waals surface area contributed by atoms with E-state index in [0.29, 0.717) is 29.7 Å². The molecule has 0 aliphatic rings. The average molecular weight is 442 g/mol. The second-order valence-corrected chi connectivity index (χ2v) is 8.14. The van der Waals surface area contributed by atoms with E-state index in [9.17, 15) is 9.59 Å². The Labute approximate surface area is 185 Å². The molecule has 0 spiro atoms. The van der Waals surface area contributed by atoms with E-state index < -0.39 is 0 Å². The maximum atomic E-state index is 12.8. The number of aryl methyl sites for hydroxylation is 2. The first-order valence-corrected chi connectivity index (χ1v) is 10.9. The molecule has 3 rings (SSSR count). The van der Waals surface area contributed by atoms with Crippen LogP contribution in [0.5, 0.6) is 0 Å². The number of hydrogen-bond acceptors (Lipinski definition) is 6. The van der Waals surface area contributed by atoms with Gasteiger partial charge in [0, 0.05) is 32.6 Å². The number of nitrogens with one attached hydrogen (secondary N) is 1. The third-order valence-electron chi connectivity index (χ3n) is 4.63. The maximum absolute atomic E-state index is 12.8. The second-order valence-electron chi connectivity index (χ2n) is 7.13. The predicted molar refractivity (Wildman–Crippen MR) is 120 cm³/mol. The molecule has 2 heterocycles. The summed E-state index contributed by atoms with van der Waals surface area (Å²) in [4.78, 5) is 35.8. The molecule has 2 aromatic heterocycles. The van der Waals surface area contributed by atoms with E-state index >= 15 is 0 Å². The number of hydrogen-bond donors (Lipinski definition) is 1. The van der Waals surface area contributed by atoms with Crippen molar-refractivity contribution in [2.24, 2.45) is 0 Å². The van der Waals surface area contributed by atoms with E-state index in [-0.39, 0.29) is 18.2 Å². The summed E-state index contributed by atoms with van der Waals surface area (Å²) in [6.07, 6.45) is 7.94. The van der Waals surface area contributed by atoms with Crippen LogP contribution in [-0.2, 0) is 22.6 Å². The molecular formula is C22H27N5O3S. The third kappa shape index (κ3) is 6.73. The fourth-order valence-electron chi connectivity index (χ4n) is 3.04. The van der Waals surface area contributed by atoms with Gasteiger partial charge in [0.25, 0.3) is 5.91 Å². The summed E-state index contributed by atoms with van der Waals surface area (Å²) >= 11 is 1.22. The molecule has 0 saturated heterocycles. The van der Waals surface area contributed by atoms with Gasteiger partial charge in [-0.25, -0.2) is 9.97 Å². The van der Waals surface area contributed by atoms with E-state index in [0.717, 1.165) is 24.1 Å². The largest absolute Gasteiger partial charge is 0.384 e. The van der Waals surface area contributed by atoms with Crippen LogP contribution in [0.25, 0.3) is 0 Å². The van der Waals surface area contributed by atoms with Crippen molar-refractivity contribution in [2.75, 3.05) is 25.2 Å². The molecule has 0 saturated carbocycles. The van der Waals surface area contributed by atoms with E-state index in [1.54, 1.807) is 24.5 Å². The normalized spacial score (nSPS) is 10.8. The lowest BCUT2D eigenvalue weighted by atomic mass is 10.1. The first-order valence-electron chi connectivity index (χ1n) is 10.1. The van der Waals surface area contributed by atoms with Gasteiger partial charge in [-0.3, -0.25) is 14.5 Å². The molecule has 0 radical (unpaired) electrons. The second kappa shape index (κ2) is 11.4. The molecule has 9 heteroatoms. The number of amides is 2. The highest BCUT2D eigenvalue weighted by Gasteiger charge is 2.21. The minimum absolute atomic E-state index is 0.0926. The van der Waals surface area contributed by atoms with Crippen molar-refractivity contribution in [3.05, 3.63) is 65.2 Å². The zero-order valence-corrected chi connectivity index (χ0v) is 18.6. The lowest BCUT2D eigenvalue weighted by Gasteiger charge is -2.20. The number of thiazole rings is 1. The summed E-state index contributed by atoms with van der Waals surface area (Å²) in [5, 5.41) is 3.41. The van der Waals surface area contributed by atoms with Crippen LogP contribution in [0, 0.1) is 6.92 Å². The van der Waals surface area contributed by atoms with Gasteiger partial charge in [-0.15, -0.1) is 0 Å². The van der Waals surface area contributed by atoms with Crippen LogP contribution in [0.2, 0.25) is 0 Å². The number of nitrogens with zero attached hydrogens (tertiary/aromatic N) is 4. The van der Waals surface area contributed by atoms with Crippen molar-refractivity contribution in [3.63, 3.8) is 0 Å². The third-order valence-corrected chi connectivity index (χ3v) is 5.65. The molecular weight excluding hydrogens is 414 g/mol. The Morgan fingerprint density at radius 3 is 2.94 bits per heavy atom. The standard InChI is InChI=1S/C22H27N5O3S/c1-17-5-3-6-18(13-17)15-27(20(28)7-12-30-2)22-25-14-19(31-22)21(29)24-8-4-10-26-11-9-23-16-26/h3,5-6,9,11,13-14,16H,4,7-8,10,12,15H2,1-2H3,(H,24,29). The molecule has 0 bridgehead atoms. The summed E-state index contributed by atoms with van der Waals surface area (Å²) in [5.74, 6) is -0.278. The highest BCUT2D eigenvalue weighted by Crippen LogP contribution is 2.25. The number of benzene rings is 1. The number of aromatic nitrogens is 3. The smallest absolute Gasteiger partial charge is 0.263 e. The SMILES string of the molecule is COCCC(=O)N(Cc1cccc(C)c1)c1ncc(C(=O)NCCCn2ccnc2)s1. The molecule has 0 aliphatic carbocycles. The molecule has 2 amide bonds. The fraction of sp³-hybridized carbons (Fsp3) is 0.364. The minimum atomic E-state index is -0.186. The summed E-state index contributed by atoms with van der Waals surface area (Å²) < 4.78 is 7.02. The first kappa shape index (κ1) is 22.6. The van der Waals surface area contributed by atoms with Gasteiger partial charge in [-0.2, -0.15) is 0 Å². The zero-order valence-electron chi connectivity index (χ0n) is 17.8. The quantitative estimate of drug-likeness (QED) is 0.462. The topological polar surface area (TPSA) is 89.4 Å². The highest BCUT2D eigenvalue weighted by molar-refractivity contribution is 7.17. The van der Waals surface area contributed by atoms with Gasteiger partial charge in [0.1, 0.15) is 4.88 Å². The van der Waals surface area contributed by atoms with Crippen LogP contribution in [0.1, 0.15) is 33.6 Å². The van der Waals surface area contributed by atoms with E-state index in [2.05, 4.69) is 15.3 Å². The molecule has 31 heavy (non-hydrogen) atoms. The number of carbonyl (C=O) groups is 2. The summed E-state index contributed by atoms with van der Waals surface area (Å²) in [6, 6.07) is 8.00. The summed E-state index contributed by atoms with van der Waals surface area (Å²) in [7, 11) is 1.57. The zero-order chi connectivity index (χ0) is 22.1. The van der Waals surface area contributed by atoms with Crippen LogP contribution in [-0.4, -0.2) is 46.6 Å². The Bertz CT molecular complexity index is 987. The van der Waals surface area contributed by atoms with Crippen molar-refractivity contribution in [3.8, 4) is 0 Å². The molecule has 3 aromatic rings. The van der Waals surface area contributed by atoms with Crippen LogP contribution in [0.4, 0.5) is 5.13 Å². The summed E-state index contributed by atoms with van der Waals surface area (Å²) in [5.41, 5.74) is 2.13. The molecule has 164 valence electrons. The monoisotopic (exact) mass is 441 g/mol. The molecule has 1 aromatic carbocycles. The van der Waals surface area contributed by atoms with E-state index in [1.165, 1.54) is 17.5 Å². The molecule has 1 N–H and O–H groups in total. The molecule has 0 fully saturated rings. The van der Waals surface area contributed by atoms with Gasteiger partial charge in [0.05, 0.1) is 32.1 Å². The van der Waals surface area contributed by atoms with Gasteiger partial charge in [0.15, 0.2) is 5.13 Å². The van der Waals surface area contributed by atoms with Crippen molar-refractivity contribution >= 4 is 28.3 Å². The number of carbonyl (C=O) groups excluding carboxylic acids is 2. The van der Waals surface area contributed by atoms with Gasteiger partial charge in [-0.05, 0) is 18.9 Å². The van der Waals surface area contributed by atoms with Crippen molar-refractivity contribution in [1.82, 2.24) is 19.9 Å². The maximum Gasteiger partial charge on any atom is 0.263 e. The molecule has 0 atom stereocenters. The minimum Gasteiger partial charge on any atom is -0.384 e. The Kier molecular flexibility index (Phi) is 8.31. The number of methoxy groups -OCH3 is 1. The molecule has 8 nitrogen and oxygen atoms in total. The highest BCUT2D eigenvalue weighted by atomic mass is 32.1. The number of anilines is 1. The lowest BCUT2D eigenvalue weighted by molar-refractivity contribution is -0.119. The Morgan fingerprint density at radius 2 is 2.19 bits per heavy atom. The average Bonchev–Trinajstić information content (AvgIpc) is 3.45. The van der Waals surface area contributed by atoms with Crippen LogP contribution >= 0.6 is 11.3 Å².